The summed E-state index contributed by atoms with van der Waals surface area (Å²) in [6, 6.07) is 13.3. The van der Waals surface area contributed by atoms with E-state index < -0.39 is 10.0 Å². The van der Waals surface area contributed by atoms with Gasteiger partial charge in [-0.3, -0.25) is 9.69 Å². The molecular weight excluding hydrogens is 412 g/mol. The minimum Gasteiger partial charge on any atom is -0.309 e. The number of piperazine rings is 1. The van der Waals surface area contributed by atoms with Gasteiger partial charge in [0.15, 0.2) is 0 Å². The van der Waals surface area contributed by atoms with Crippen molar-refractivity contribution in [2.75, 3.05) is 26.2 Å². The number of rotatable bonds is 4. The van der Waals surface area contributed by atoms with E-state index in [4.69, 9.17) is 11.6 Å². The summed E-state index contributed by atoms with van der Waals surface area (Å²) in [6.07, 6.45) is 0. The van der Waals surface area contributed by atoms with Crippen molar-refractivity contribution in [2.45, 2.75) is 17.9 Å². The fourth-order valence-corrected chi connectivity index (χ4v) is 5.11. The van der Waals surface area contributed by atoms with Gasteiger partial charge in [0.2, 0.25) is 10.0 Å². The summed E-state index contributed by atoms with van der Waals surface area (Å²) in [5.41, 5.74) is 0.489. The highest BCUT2D eigenvalue weighted by molar-refractivity contribution is 7.89. The van der Waals surface area contributed by atoms with Crippen LogP contribution in [0.2, 0.25) is 5.02 Å². The Morgan fingerprint density at radius 1 is 1.03 bits per heavy atom. The number of sulfonamides is 1. The molecule has 152 valence electrons. The van der Waals surface area contributed by atoms with Crippen LogP contribution in [0.4, 0.5) is 0 Å². The molecule has 0 amide bonds. The lowest BCUT2D eigenvalue weighted by Crippen LogP contribution is -2.49. The van der Waals surface area contributed by atoms with Crippen LogP contribution < -0.4 is 5.56 Å². The fraction of sp³-hybridized carbons (Fsp3) is 0.300. The quantitative estimate of drug-likeness (QED) is 0.684. The smallest absolute Gasteiger partial charge is 0.258 e. The van der Waals surface area contributed by atoms with Gasteiger partial charge >= 0.3 is 0 Å². The molecule has 1 N–H and O–H groups in total. The zero-order chi connectivity index (χ0) is 20.6. The van der Waals surface area contributed by atoms with Crippen LogP contribution in [0, 0.1) is 0 Å². The molecule has 29 heavy (non-hydrogen) atoms. The van der Waals surface area contributed by atoms with Gasteiger partial charge in [-0.1, -0.05) is 23.7 Å². The normalized spacial score (nSPS) is 17.4. The molecule has 0 radical (unpaired) electrons. The van der Waals surface area contributed by atoms with Crippen LogP contribution in [0.3, 0.4) is 0 Å². The van der Waals surface area contributed by atoms with Crippen LogP contribution in [0.25, 0.3) is 10.9 Å². The van der Waals surface area contributed by atoms with E-state index >= 15 is 0 Å². The Labute approximate surface area is 174 Å². The van der Waals surface area contributed by atoms with Crippen molar-refractivity contribution in [1.29, 1.82) is 0 Å². The molecule has 1 fully saturated rings. The molecule has 0 unspecified atom stereocenters. The van der Waals surface area contributed by atoms with Gasteiger partial charge in [0.25, 0.3) is 5.56 Å². The van der Waals surface area contributed by atoms with E-state index in [0.29, 0.717) is 47.9 Å². The standard InChI is InChI=1S/C20H21ClN4O3S/c1-14(19-22-18-5-3-2-4-17(18)20(26)23-19)24-10-12-25(13-11-24)29(27,28)16-8-6-15(21)7-9-16/h2-9,14H,10-13H2,1H3,(H,22,23,26)/t14-/m1/s1. The second-order valence-corrected chi connectivity index (χ2v) is 9.41. The van der Waals surface area contributed by atoms with Gasteiger partial charge < -0.3 is 4.98 Å². The van der Waals surface area contributed by atoms with Crippen molar-refractivity contribution < 1.29 is 8.42 Å². The Kier molecular flexibility index (Phi) is 5.44. The molecule has 2 heterocycles. The molecule has 1 aromatic heterocycles. The van der Waals surface area contributed by atoms with Crippen molar-refractivity contribution >= 4 is 32.5 Å². The number of halogens is 1. The van der Waals surface area contributed by atoms with Crippen LogP contribution in [0.15, 0.2) is 58.2 Å². The number of fused-ring (bicyclic) bond motifs is 1. The zero-order valence-corrected chi connectivity index (χ0v) is 17.4. The third kappa shape index (κ3) is 3.93. The summed E-state index contributed by atoms with van der Waals surface area (Å²) in [5.74, 6) is 0.586. The monoisotopic (exact) mass is 432 g/mol. The molecule has 0 aliphatic carbocycles. The van der Waals surface area contributed by atoms with Gasteiger partial charge in [-0.2, -0.15) is 4.31 Å². The highest BCUT2D eigenvalue weighted by atomic mass is 35.5. The topological polar surface area (TPSA) is 86.4 Å². The second-order valence-electron chi connectivity index (χ2n) is 7.04. The molecule has 1 atom stereocenters. The maximum Gasteiger partial charge on any atom is 0.258 e. The fourth-order valence-electron chi connectivity index (χ4n) is 3.56. The van der Waals surface area contributed by atoms with Gasteiger partial charge in [0.1, 0.15) is 5.82 Å². The van der Waals surface area contributed by atoms with E-state index in [9.17, 15) is 13.2 Å². The Morgan fingerprint density at radius 3 is 2.38 bits per heavy atom. The SMILES string of the molecule is C[C@H](c1nc2ccccc2c(=O)[nH]1)N1CCN(S(=O)(=O)c2ccc(Cl)cc2)CC1. The van der Waals surface area contributed by atoms with Crippen molar-refractivity contribution in [3.63, 3.8) is 0 Å². The van der Waals surface area contributed by atoms with E-state index in [2.05, 4.69) is 14.9 Å². The lowest BCUT2D eigenvalue weighted by atomic mass is 10.2. The van der Waals surface area contributed by atoms with Gasteiger partial charge in [0.05, 0.1) is 21.8 Å². The van der Waals surface area contributed by atoms with Crippen LogP contribution in [0.5, 0.6) is 0 Å². The molecule has 7 nitrogen and oxygen atoms in total. The first-order valence-electron chi connectivity index (χ1n) is 9.35. The first-order valence-corrected chi connectivity index (χ1v) is 11.2. The average molecular weight is 433 g/mol. The summed E-state index contributed by atoms with van der Waals surface area (Å²) in [5, 5.41) is 1.06. The minimum atomic E-state index is -3.55. The number of benzene rings is 2. The molecule has 0 saturated carbocycles. The molecule has 2 aromatic carbocycles. The third-order valence-corrected chi connectivity index (χ3v) is 7.46. The summed E-state index contributed by atoms with van der Waals surface area (Å²) in [7, 11) is -3.55. The zero-order valence-electron chi connectivity index (χ0n) is 15.9. The summed E-state index contributed by atoms with van der Waals surface area (Å²) < 4.78 is 27.2. The molecule has 0 bridgehead atoms. The van der Waals surface area contributed by atoms with Gasteiger partial charge in [-0.05, 0) is 43.3 Å². The Morgan fingerprint density at radius 2 is 1.69 bits per heavy atom. The molecular formula is C20H21ClN4O3S. The Balaban J connectivity index is 1.49. The molecule has 3 aromatic rings. The van der Waals surface area contributed by atoms with Crippen molar-refractivity contribution in [2.24, 2.45) is 0 Å². The van der Waals surface area contributed by atoms with E-state index in [0.717, 1.165) is 0 Å². The van der Waals surface area contributed by atoms with Crippen molar-refractivity contribution in [3.8, 4) is 0 Å². The number of hydrogen-bond donors (Lipinski definition) is 1. The maximum absolute atomic E-state index is 12.8. The number of aromatic amines is 1. The van der Waals surface area contributed by atoms with E-state index in [1.54, 1.807) is 18.2 Å². The number of nitrogens with one attached hydrogen (secondary N) is 1. The average Bonchev–Trinajstić information content (AvgIpc) is 2.73. The molecule has 9 heteroatoms. The molecule has 0 spiro atoms. The van der Waals surface area contributed by atoms with Crippen LogP contribution in [-0.2, 0) is 10.0 Å². The lowest BCUT2D eigenvalue weighted by Gasteiger charge is -2.36. The number of H-pyrrole nitrogens is 1. The third-order valence-electron chi connectivity index (χ3n) is 5.30. The molecule has 1 aliphatic rings. The van der Waals surface area contributed by atoms with Crippen molar-refractivity contribution in [3.05, 3.63) is 69.7 Å². The highest BCUT2D eigenvalue weighted by Gasteiger charge is 2.31. The molecule has 4 rings (SSSR count). The first-order chi connectivity index (χ1) is 13.9. The van der Waals surface area contributed by atoms with Gasteiger partial charge in [-0.15, -0.1) is 0 Å². The number of para-hydroxylation sites is 1. The molecule has 1 saturated heterocycles. The van der Waals surface area contributed by atoms with Crippen LogP contribution in [0.1, 0.15) is 18.8 Å². The Bertz CT molecular complexity index is 1190. The number of hydrogen-bond acceptors (Lipinski definition) is 5. The van der Waals surface area contributed by atoms with E-state index in [1.807, 2.05) is 25.1 Å². The van der Waals surface area contributed by atoms with Crippen LogP contribution in [-0.4, -0.2) is 53.8 Å². The van der Waals surface area contributed by atoms with E-state index in [1.165, 1.54) is 16.4 Å². The van der Waals surface area contributed by atoms with Gasteiger partial charge in [0, 0.05) is 31.2 Å². The summed E-state index contributed by atoms with van der Waals surface area (Å²) in [4.78, 5) is 22.2. The second kappa shape index (κ2) is 7.87. The van der Waals surface area contributed by atoms with Crippen LogP contribution >= 0.6 is 11.6 Å². The largest absolute Gasteiger partial charge is 0.309 e. The van der Waals surface area contributed by atoms with E-state index in [-0.39, 0.29) is 16.5 Å². The predicted molar refractivity (Wildman–Crippen MR) is 113 cm³/mol. The Hall–Kier alpha value is -2.26. The summed E-state index contributed by atoms with van der Waals surface area (Å²) >= 11 is 5.86. The highest BCUT2D eigenvalue weighted by Crippen LogP contribution is 2.23. The molecule has 1 aliphatic heterocycles. The lowest BCUT2D eigenvalue weighted by molar-refractivity contribution is 0.141. The van der Waals surface area contributed by atoms with Crippen molar-refractivity contribution in [1.82, 2.24) is 19.2 Å². The summed E-state index contributed by atoms with van der Waals surface area (Å²) in [6.45, 7) is 3.80. The number of nitrogens with zero attached hydrogens (tertiary/aromatic N) is 3. The predicted octanol–water partition coefficient (Wildman–Crippen LogP) is 2.64. The number of aromatic nitrogens is 2. The first kappa shape index (κ1) is 20.0. The maximum atomic E-state index is 12.8. The minimum absolute atomic E-state index is 0.132. The van der Waals surface area contributed by atoms with Gasteiger partial charge in [-0.25, -0.2) is 13.4 Å².